The van der Waals surface area contributed by atoms with E-state index in [1.54, 1.807) is 24.3 Å². The lowest BCUT2D eigenvalue weighted by atomic mass is 9.90. The predicted octanol–water partition coefficient (Wildman–Crippen LogP) is 3.81. The van der Waals surface area contributed by atoms with Crippen molar-refractivity contribution in [1.29, 1.82) is 5.26 Å². The molecule has 6 nitrogen and oxygen atoms in total. The number of amides is 3. The van der Waals surface area contributed by atoms with Crippen molar-refractivity contribution in [2.75, 3.05) is 13.2 Å². The molecule has 1 unspecified atom stereocenters. The van der Waals surface area contributed by atoms with Crippen LogP contribution in [-0.4, -0.2) is 30.0 Å². The minimum absolute atomic E-state index is 0.0388. The molecule has 1 N–H and O–H groups in total. The molecule has 0 spiro atoms. The first-order valence-corrected chi connectivity index (χ1v) is 9.10. The summed E-state index contributed by atoms with van der Waals surface area (Å²) in [7, 11) is 0. The number of alkyl halides is 3. The average molecular weight is 417 g/mol. The van der Waals surface area contributed by atoms with Crippen molar-refractivity contribution in [2.45, 2.75) is 25.1 Å². The largest absolute Gasteiger partial charge is 0.493 e. The number of carbonyl (C=O) groups is 2. The van der Waals surface area contributed by atoms with Crippen LogP contribution in [-0.2, 0) is 16.5 Å². The van der Waals surface area contributed by atoms with E-state index in [-0.39, 0.29) is 18.7 Å². The smallest absolute Gasteiger partial charge is 0.416 e. The summed E-state index contributed by atoms with van der Waals surface area (Å²) in [4.78, 5) is 26.1. The Bertz CT molecular complexity index is 1020. The molecule has 3 rings (SSSR count). The number of hydrogen-bond acceptors (Lipinski definition) is 4. The van der Waals surface area contributed by atoms with Crippen LogP contribution in [0.25, 0.3) is 0 Å². The highest BCUT2D eigenvalue weighted by Crippen LogP contribution is 2.34. The molecule has 1 saturated heterocycles. The molecule has 30 heavy (non-hydrogen) atoms. The molecule has 9 heteroatoms. The Morgan fingerprint density at radius 2 is 1.90 bits per heavy atom. The number of nitrogens with one attached hydrogen (secondary N) is 1. The second kappa shape index (κ2) is 8.06. The summed E-state index contributed by atoms with van der Waals surface area (Å²) in [5.41, 5.74) is -1.98. The fourth-order valence-corrected chi connectivity index (χ4v) is 3.17. The van der Waals surface area contributed by atoms with Gasteiger partial charge in [-0.05, 0) is 49.2 Å². The SMILES string of the molecule is CC1(c2cccc(C(F)(F)F)c2)NC(=O)N(CCCOc2cccc(C#N)c2)C1=O. The lowest BCUT2D eigenvalue weighted by Gasteiger charge is -2.23. The van der Waals surface area contributed by atoms with Crippen LogP contribution in [0.5, 0.6) is 5.75 Å². The van der Waals surface area contributed by atoms with Crippen molar-refractivity contribution in [3.63, 3.8) is 0 Å². The molecule has 1 heterocycles. The number of nitriles is 1. The highest BCUT2D eigenvalue weighted by Gasteiger charge is 2.49. The highest BCUT2D eigenvalue weighted by atomic mass is 19.4. The zero-order valence-corrected chi connectivity index (χ0v) is 16.0. The Balaban J connectivity index is 1.65. The van der Waals surface area contributed by atoms with E-state index in [4.69, 9.17) is 10.00 Å². The van der Waals surface area contributed by atoms with Crippen molar-refractivity contribution in [3.8, 4) is 11.8 Å². The second-order valence-corrected chi connectivity index (χ2v) is 6.93. The van der Waals surface area contributed by atoms with Gasteiger partial charge < -0.3 is 10.1 Å². The Labute approximate surface area is 170 Å². The third-order valence-corrected chi connectivity index (χ3v) is 4.80. The second-order valence-electron chi connectivity index (χ2n) is 6.93. The molecule has 3 amide bonds. The van der Waals surface area contributed by atoms with Gasteiger partial charge in [0.15, 0.2) is 0 Å². The summed E-state index contributed by atoms with van der Waals surface area (Å²) in [6, 6.07) is 12.2. The summed E-state index contributed by atoms with van der Waals surface area (Å²) >= 11 is 0. The quantitative estimate of drug-likeness (QED) is 0.572. The summed E-state index contributed by atoms with van der Waals surface area (Å²) in [6.45, 7) is 1.61. The monoisotopic (exact) mass is 417 g/mol. The van der Waals surface area contributed by atoms with Gasteiger partial charge >= 0.3 is 12.2 Å². The Morgan fingerprint density at radius 1 is 1.17 bits per heavy atom. The van der Waals surface area contributed by atoms with Crippen molar-refractivity contribution in [2.24, 2.45) is 0 Å². The van der Waals surface area contributed by atoms with Crippen LogP contribution in [0, 0.1) is 11.3 Å². The number of carbonyl (C=O) groups excluding carboxylic acids is 2. The summed E-state index contributed by atoms with van der Waals surface area (Å²) < 4.78 is 44.5. The average Bonchev–Trinajstić information content (AvgIpc) is 2.94. The van der Waals surface area contributed by atoms with Gasteiger partial charge in [-0.25, -0.2) is 4.79 Å². The third kappa shape index (κ3) is 4.22. The van der Waals surface area contributed by atoms with Gasteiger partial charge in [0.1, 0.15) is 11.3 Å². The van der Waals surface area contributed by atoms with E-state index < -0.39 is 29.2 Å². The van der Waals surface area contributed by atoms with Crippen LogP contribution in [0.15, 0.2) is 48.5 Å². The summed E-state index contributed by atoms with van der Waals surface area (Å²) in [6.07, 6.45) is -4.24. The van der Waals surface area contributed by atoms with E-state index >= 15 is 0 Å². The van der Waals surface area contributed by atoms with Gasteiger partial charge in [0.2, 0.25) is 0 Å². The van der Waals surface area contributed by atoms with Crippen molar-refractivity contribution < 1.29 is 27.5 Å². The maximum atomic E-state index is 13.0. The molecule has 1 fully saturated rings. The van der Waals surface area contributed by atoms with Crippen LogP contribution in [0.2, 0.25) is 0 Å². The van der Waals surface area contributed by atoms with Gasteiger partial charge in [0.05, 0.1) is 23.8 Å². The number of halogens is 3. The van der Waals surface area contributed by atoms with Gasteiger partial charge in [-0.15, -0.1) is 0 Å². The van der Waals surface area contributed by atoms with Gasteiger partial charge in [-0.3, -0.25) is 9.69 Å². The number of imide groups is 1. The van der Waals surface area contributed by atoms with E-state index in [0.717, 1.165) is 17.0 Å². The van der Waals surface area contributed by atoms with Crippen LogP contribution >= 0.6 is 0 Å². The molecular weight excluding hydrogens is 399 g/mol. The number of urea groups is 1. The third-order valence-electron chi connectivity index (χ3n) is 4.80. The van der Waals surface area contributed by atoms with Crippen molar-refractivity contribution in [1.82, 2.24) is 10.2 Å². The number of rotatable bonds is 6. The standard InChI is InChI=1S/C21H18F3N3O3/c1-20(15-6-3-7-16(12-15)21(22,23)24)18(28)27(19(29)26-20)9-4-10-30-17-8-2-5-14(11-17)13-25/h2-3,5-8,11-12H,4,9-10H2,1H3,(H,26,29). The molecule has 0 bridgehead atoms. The van der Waals surface area contributed by atoms with Crippen LogP contribution in [0.3, 0.4) is 0 Å². The molecule has 0 aliphatic carbocycles. The normalized spacial score (nSPS) is 18.8. The molecule has 156 valence electrons. The van der Waals surface area contributed by atoms with E-state index in [2.05, 4.69) is 5.32 Å². The number of ether oxygens (including phenoxy) is 1. The fourth-order valence-electron chi connectivity index (χ4n) is 3.17. The first-order valence-electron chi connectivity index (χ1n) is 9.10. The molecule has 0 saturated carbocycles. The fraction of sp³-hybridized carbons (Fsp3) is 0.286. The number of benzene rings is 2. The minimum atomic E-state index is -4.56. The summed E-state index contributed by atoms with van der Waals surface area (Å²) in [5, 5.41) is 11.4. The molecule has 1 atom stereocenters. The van der Waals surface area contributed by atoms with Crippen LogP contribution in [0.1, 0.15) is 30.0 Å². The molecule has 0 radical (unpaired) electrons. The molecule has 2 aromatic carbocycles. The predicted molar refractivity (Wildman–Crippen MR) is 100 cm³/mol. The Kier molecular flexibility index (Phi) is 5.69. The van der Waals surface area contributed by atoms with Gasteiger partial charge in [-0.2, -0.15) is 18.4 Å². The highest BCUT2D eigenvalue weighted by molar-refractivity contribution is 6.07. The van der Waals surface area contributed by atoms with E-state index in [0.29, 0.717) is 17.7 Å². The van der Waals surface area contributed by atoms with Gasteiger partial charge in [-0.1, -0.05) is 18.2 Å². The van der Waals surface area contributed by atoms with Crippen LogP contribution in [0.4, 0.5) is 18.0 Å². The first-order chi connectivity index (χ1) is 14.1. The number of hydrogen-bond donors (Lipinski definition) is 1. The van der Waals surface area contributed by atoms with Gasteiger partial charge in [0, 0.05) is 6.54 Å². The molecule has 1 aliphatic heterocycles. The first kappa shape index (κ1) is 21.2. The van der Waals surface area contributed by atoms with Crippen LogP contribution < -0.4 is 10.1 Å². The van der Waals surface area contributed by atoms with Crippen molar-refractivity contribution >= 4 is 11.9 Å². The molecule has 1 aliphatic rings. The Hall–Kier alpha value is -3.54. The lowest BCUT2D eigenvalue weighted by Crippen LogP contribution is -2.41. The van der Waals surface area contributed by atoms with E-state index in [1.807, 2.05) is 6.07 Å². The maximum absolute atomic E-state index is 13.0. The zero-order chi connectivity index (χ0) is 21.9. The van der Waals surface area contributed by atoms with E-state index in [1.165, 1.54) is 19.1 Å². The molecule has 2 aromatic rings. The minimum Gasteiger partial charge on any atom is -0.493 e. The molecule has 0 aromatic heterocycles. The summed E-state index contributed by atoms with van der Waals surface area (Å²) in [5.74, 6) is -0.140. The van der Waals surface area contributed by atoms with Crippen molar-refractivity contribution in [3.05, 3.63) is 65.2 Å². The lowest BCUT2D eigenvalue weighted by molar-refractivity contribution is -0.138. The Morgan fingerprint density at radius 3 is 2.60 bits per heavy atom. The van der Waals surface area contributed by atoms with Gasteiger partial charge in [0.25, 0.3) is 5.91 Å². The number of nitrogens with zero attached hydrogens (tertiary/aromatic N) is 2. The maximum Gasteiger partial charge on any atom is 0.416 e. The topological polar surface area (TPSA) is 82.4 Å². The zero-order valence-electron chi connectivity index (χ0n) is 16.0. The van der Waals surface area contributed by atoms with E-state index in [9.17, 15) is 22.8 Å². The molecular formula is C21H18F3N3O3.